The molecule has 0 bridgehead atoms. The molecule has 0 atom stereocenters. The molecule has 0 radical (unpaired) electrons. The van der Waals surface area contributed by atoms with Gasteiger partial charge in [-0.05, 0) is 64.6 Å². The number of hydrogen-bond donors (Lipinski definition) is 2. The fourth-order valence-corrected chi connectivity index (χ4v) is 4.53. The van der Waals surface area contributed by atoms with Crippen LogP contribution in [0.15, 0.2) is 4.99 Å². The van der Waals surface area contributed by atoms with Gasteiger partial charge in [0.05, 0.1) is 0 Å². The zero-order chi connectivity index (χ0) is 20.8. The van der Waals surface area contributed by atoms with Gasteiger partial charge in [-0.2, -0.15) is 17.5 Å². The van der Waals surface area contributed by atoms with Gasteiger partial charge in [0.2, 0.25) is 0 Å². The molecule has 2 saturated heterocycles. The number of nitrogens with zero attached hydrogens (tertiary/aromatic N) is 3. The van der Waals surface area contributed by atoms with Crippen molar-refractivity contribution in [2.75, 3.05) is 52.9 Å². The van der Waals surface area contributed by atoms with Crippen molar-refractivity contribution in [1.29, 1.82) is 0 Å². The topological polar surface area (TPSA) is 77.0 Å². The van der Waals surface area contributed by atoms with E-state index >= 15 is 0 Å². The molecule has 28 heavy (non-hydrogen) atoms. The minimum Gasteiger partial charge on any atom is -0.357 e. The van der Waals surface area contributed by atoms with Crippen LogP contribution >= 0.6 is 0 Å². The van der Waals surface area contributed by atoms with Gasteiger partial charge in [-0.15, -0.1) is 0 Å². The summed E-state index contributed by atoms with van der Waals surface area (Å²) in [5.74, 6) is 1.40. The molecule has 2 N–H and O–H groups in total. The molecule has 0 aromatic rings. The molecule has 2 rings (SSSR count). The van der Waals surface area contributed by atoms with Gasteiger partial charge < -0.3 is 15.5 Å². The number of likely N-dealkylation sites (tertiary alicyclic amines) is 1. The van der Waals surface area contributed by atoms with Crippen LogP contribution in [0, 0.1) is 11.8 Å². The Morgan fingerprint density at radius 1 is 1.04 bits per heavy atom. The molecule has 2 fully saturated rings. The van der Waals surface area contributed by atoms with Crippen molar-refractivity contribution in [2.24, 2.45) is 16.8 Å². The molecule has 2 heterocycles. The summed E-state index contributed by atoms with van der Waals surface area (Å²) in [4.78, 5) is 6.89. The van der Waals surface area contributed by atoms with Crippen molar-refractivity contribution < 1.29 is 21.6 Å². The van der Waals surface area contributed by atoms with Crippen LogP contribution in [0.1, 0.15) is 32.6 Å². The first kappa shape index (κ1) is 23.2. The van der Waals surface area contributed by atoms with Crippen LogP contribution in [-0.4, -0.2) is 82.0 Å². The van der Waals surface area contributed by atoms with Crippen LogP contribution in [0.5, 0.6) is 0 Å². The van der Waals surface area contributed by atoms with E-state index in [4.69, 9.17) is 0 Å². The standard InChI is InChI=1S/C17H32F3N5O2S/c1-3-21-16(22-12-14-4-8-24(2)9-5-14)23-13-15-6-10-25(11-7-15)28(26,27)17(18,19)20/h14-15H,3-13H2,1-2H3,(H2,21,22,23). The van der Waals surface area contributed by atoms with Crippen LogP contribution in [0.25, 0.3) is 0 Å². The first-order chi connectivity index (χ1) is 13.1. The second-order valence-corrected chi connectivity index (χ2v) is 9.57. The monoisotopic (exact) mass is 427 g/mol. The summed E-state index contributed by atoms with van der Waals surface area (Å²) < 4.78 is 61.4. The van der Waals surface area contributed by atoms with Gasteiger partial charge in [0, 0.05) is 32.7 Å². The molecular weight excluding hydrogens is 395 g/mol. The minimum absolute atomic E-state index is 0.0819. The van der Waals surface area contributed by atoms with E-state index in [0.717, 1.165) is 39.0 Å². The lowest BCUT2D eigenvalue weighted by Crippen LogP contribution is -2.45. The van der Waals surface area contributed by atoms with Crippen LogP contribution in [0.2, 0.25) is 0 Å². The fourth-order valence-electron chi connectivity index (χ4n) is 3.55. The van der Waals surface area contributed by atoms with Gasteiger partial charge in [-0.25, -0.2) is 8.42 Å². The predicted molar refractivity (Wildman–Crippen MR) is 103 cm³/mol. The van der Waals surface area contributed by atoms with Crippen molar-refractivity contribution in [3.05, 3.63) is 0 Å². The molecular formula is C17H32F3N5O2S. The average Bonchev–Trinajstić information content (AvgIpc) is 2.65. The minimum atomic E-state index is -5.23. The van der Waals surface area contributed by atoms with Gasteiger partial charge in [-0.3, -0.25) is 4.99 Å². The number of nitrogens with one attached hydrogen (secondary N) is 2. The van der Waals surface area contributed by atoms with Crippen molar-refractivity contribution in [1.82, 2.24) is 19.8 Å². The maximum atomic E-state index is 12.6. The van der Waals surface area contributed by atoms with Crippen molar-refractivity contribution in [2.45, 2.75) is 38.1 Å². The molecule has 0 aliphatic carbocycles. The van der Waals surface area contributed by atoms with Gasteiger partial charge >= 0.3 is 15.5 Å². The molecule has 0 aromatic carbocycles. The SMILES string of the molecule is CCNC(=NCC1CCN(S(=O)(=O)C(F)(F)F)CC1)NCC1CCN(C)CC1. The Morgan fingerprint density at radius 2 is 1.61 bits per heavy atom. The molecule has 2 aliphatic rings. The molecule has 0 unspecified atom stereocenters. The molecule has 11 heteroatoms. The van der Waals surface area contributed by atoms with E-state index in [0.29, 0.717) is 35.6 Å². The Balaban J connectivity index is 1.80. The van der Waals surface area contributed by atoms with E-state index < -0.39 is 15.5 Å². The average molecular weight is 428 g/mol. The summed E-state index contributed by atoms with van der Waals surface area (Å²) in [6, 6.07) is 0. The molecule has 0 amide bonds. The third-order valence-electron chi connectivity index (χ3n) is 5.45. The van der Waals surface area contributed by atoms with Crippen molar-refractivity contribution >= 4 is 16.0 Å². The fraction of sp³-hybridized carbons (Fsp3) is 0.941. The van der Waals surface area contributed by atoms with E-state index in [9.17, 15) is 21.6 Å². The number of piperidine rings is 2. The van der Waals surface area contributed by atoms with Crippen LogP contribution in [-0.2, 0) is 10.0 Å². The molecule has 0 saturated carbocycles. The van der Waals surface area contributed by atoms with E-state index in [1.54, 1.807) is 0 Å². The zero-order valence-electron chi connectivity index (χ0n) is 16.6. The van der Waals surface area contributed by atoms with Gasteiger partial charge in [-0.1, -0.05) is 0 Å². The van der Waals surface area contributed by atoms with Gasteiger partial charge in [0.1, 0.15) is 0 Å². The number of sulfonamides is 1. The van der Waals surface area contributed by atoms with Crippen molar-refractivity contribution in [3.63, 3.8) is 0 Å². The molecule has 164 valence electrons. The van der Waals surface area contributed by atoms with Crippen molar-refractivity contribution in [3.8, 4) is 0 Å². The van der Waals surface area contributed by atoms with Crippen LogP contribution in [0.3, 0.4) is 0 Å². The highest BCUT2D eigenvalue weighted by molar-refractivity contribution is 7.90. The third-order valence-corrected chi connectivity index (χ3v) is 7.08. The molecule has 0 spiro atoms. The largest absolute Gasteiger partial charge is 0.511 e. The molecule has 2 aliphatic heterocycles. The lowest BCUT2D eigenvalue weighted by atomic mass is 9.97. The number of guanidine groups is 1. The first-order valence-electron chi connectivity index (χ1n) is 9.90. The number of hydrogen-bond acceptors (Lipinski definition) is 4. The summed E-state index contributed by atoms with van der Waals surface area (Å²) in [5.41, 5.74) is -5.23. The van der Waals surface area contributed by atoms with Crippen LogP contribution < -0.4 is 10.6 Å². The Morgan fingerprint density at radius 3 is 2.14 bits per heavy atom. The molecule has 7 nitrogen and oxygen atoms in total. The Labute approximate surface area is 165 Å². The lowest BCUT2D eigenvalue weighted by Gasteiger charge is -2.31. The summed E-state index contributed by atoms with van der Waals surface area (Å²) >= 11 is 0. The second kappa shape index (κ2) is 10.1. The number of alkyl halides is 3. The normalized spacial score (nSPS) is 22.4. The summed E-state index contributed by atoms with van der Waals surface area (Å²) in [6.07, 6.45) is 3.06. The quantitative estimate of drug-likeness (QED) is 0.496. The van der Waals surface area contributed by atoms with Crippen LogP contribution in [0.4, 0.5) is 13.2 Å². The Kier molecular flexibility index (Phi) is 8.38. The molecule has 0 aromatic heterocycles. The maximum absolute atomic E-state index is 12.6. The number of rotatable bonds is 6. The Bertz CT molecular complexity index is 611. The summed E-state index contributed by atoms with van der Waals surface area (Å²) in [5, 5.41) is 6.56. The van der Waals surface area contributed by atoms with E-state index in [1.165, 1.54) is 0 Å². The van der Waals surface area contributed by atoms with E-state index in [2.05, 4.69) is 27.6 Å². The summed E-state index contributed by atoms with van der Waals surface area (Å²) in [7, 11) is -3.09. The number of aliphatic imine (C=N–C) groups is 1. The predicted octanol–water partition coefficient (Wildman–Crippen LogP) is 1.44. The maximum Gasteiger partial charge on any atom is 0.511 e. The van der Waals surface area contributed by atoms with E-state index in [-0.39, 0.29) is 19.0 Å². The second-order valence-electron chi connectivity index (χ2n) is 7.64. The highest BCUT2D eigenvalue weighted by Gasteiger charge is 2.50. The summed E-state index contributed by atoms with van der Waals surface area (Å²) in [6.45, 7) is 6.00. The van der Waals surface area contributed by atoms with Gasteiger partial charge in [0.25, 0.3) is 0 Å². The van der Waals surface area contributed by atoms with E-state index in [1.807, 2.05) is 6.92 Å². The lowest BCUT2D eigenvalue weighted by molar-refractivity contribution is -0.0496. The highest BCUT2D eigenvalue weighted by atomic mass is 32.2. The zero-order valence-corrected chi connectivity index (χ0v) is 17.4. The number of halogens is 3. The first-order valence-corrected chi connectivity index (χ1v) is 11.3. The highest BCUT2D eigenvalue weighted by Crippen LogP contribution is 2.30. The smallest absolute Gasteiger partial charge is 0.357 e. The third kappa shape index (κ3) is 6.48. The van der Waals surface area contributed by atoms with Gasteiger partial charge in [0.15, 0.2) is 5.96 Å². The Hall–Kier alpha value is -1.07.